The van der Waals surface area contributed by atoms with Gasteiger partial charge in [-0.25, -0.2) is 9.18 Å². The van der Waals surface area contributed by atoms with E-state index in [2.05, 4.69) is 21.2 Å². The Bertz CT molecular complexity index is 674. The summed E-state index contributed by atoms with van der Waals surface area (Å²) in [7, 11) is 0. The minimum absolute atomic E-state index is 0.0826. The Labute approximate surface area is 127 Å². The Morgan fingerprint density at radius 3 is 2.65 bits per heavy atom. The smallest absolute Gasteiger partial charge is 0.337 e. The maximum atomic E-state index is 13.8. The molecule has 0 atom stereocenters. The van der Waals surface area contributed by atoms with Gasteiger partial charge in [-0.1, -0.05) is 17.7 Å². The number of hydrogen-bond acceptors (Lipinski definition) is 3. The van der Waals surface area contributed by atoms with E-state index in [0.29, 0.717) is 4.47 Å². The Balaban J connectivity index is 2.56. The number of halogens is 3. The van der Waals surface area contributed by atoms with Crippen molar-refractivity contribution in [2.45, 2.75) is 0 Å². The summed E-state index contributed by atoms with van der Waals surface area (Å²) in [5, 5.41) is 12.0. The number of hydrogen-bond donors (Lipinski definition) is 3. The first-order chi connectivity index (χ1) is 9.40. The molecule has 0 unspecified atom stereocenters. The molecule has 0 radical (unpaired) electrons. The average molecular weight is 360 g/mol. The largest absolute Gasteiger partial charge is 0.478 e. The number of benzene rings is 2. The maximum Gasteiger partial charge on any atom is 0.337 e. The van der Waals surface area contributed by atoms with Gasteiger partial charge in [0.2, 0.25) is 0 Å². The molecule has 0 aromatic heterocycles. The van der Waals surface area contributed by atoms with Gasteiger partial charge in [0.15, 0.2) is 0 Å². The fourth-order valence-corrected chi connectivity index (χ4v) is 2.38. The van der Waals surface area contributed by atoms with E-state index >= 15 is 0 Å². The van der Waals surface area contributed by atoms with Crippen molar-refractivity contribution in [3.8, 4) is 0 Å². The van der Waals surface area contributed by atoms with Gasteiger partial charge in [-0.15, -0.1) is 0 Å². The summed E-state index contributed by atoms with van der Waals surface area (Å²) in [6.07, 6.45) is 0. The van der Waals surface area contributed by atoms with Crippen molar-refractivity contribution < 1.29 is 14.3 Å². The van der Waals surface area contributed by atoms with E-state index in [0.717, 1.165) is 0 Å². The second-order valence-corrected chi connectivity index (χ2v) is 5.21. The van der Waals surface area contributed by atoms with Gasteiger partial charge in [0, 0.05) is 10.2 Å². The van der Waals surface area contributed by atoms with Gasteiger partial charge in [-0.3, -0.25) is 0 Å². The van der Waals surface area contributed by atoms with Crippen LogP contribution in [-0.2, 0) is 0 Å². The molecule has 0 saturated carbocycles. The number of carboxylic acids is 1. The lowest BCUT2D eigenvalue weighted by molar-refractivity contribution is 0.0698. The predicted octanol–water partition coefficient (Wildman–Crippen LogP) is 4.27. The van der Waals surface area contributed by atoms with Crippen LogP contribution in [0.5, 0.6) is 0 Å². The van der Waals surface area contributed by atoms with Crippen LogP contribution >= 0.6 is 27.5 Å². The third-order valence-electron chi connectivity index (χ3n) is 2.56. The third kappa shape index (κ3) is 2.86. The molecule has 0 amide bonds. The van der Waals surface area contributed by atoms with E-state index in [1.807, 2.05) is 0 Å². The molecular weight excluding hydrogens is 351 g/mol. The van der Waals surface area contributed by atoms with E-state index in [9.17, 15) is 14.3 Å². The maximum absolute atomic E-state index is 13.8. The van der Waals surface area contributed by atoms with Crippen LogP contribution in [0, 0.1) is 5.82 Å². The molecule has 104 valence electrons. The van der Waals surface area contributed by atoms with Crippen LogP contribution in [0.25, 0.3) is 0 Å². The van der Waals surface area contributed by atoms with Gasteiger partial charge in [-0.05, 0) is 40.2 Å². The number of anilines is 3. The molecule has 0 aliphatic heterocycles. The lowest BCUT2D eigenvalue weighted by atomic mass is 10.1. The summed E-state index contributed by atoms with van der Waals surface area (Å²) in [4.78, 5) is 11.2. The van der Waals surface area contributed by atoms with Crippen LogP contribution in [0.1, 0.15) is 10.4 Å². The Kier molecular flexibility index (Phi) is 4.15. The van der Waals surface area contributed by atoms with Gasteiger partial charge in [0.1, 0.15) is 5.82 Å². The molecular formula is C13H9BrClFN2O2. The zero-order valence-corrected chi connectivity index (χ0v) is 12.3. The number of aromatic carboxylic acids is 1. The molecule has 20 heavy (non-hydrogen) atoms. The molecule has 0 spiro atoms. The number of para-hydroxylation sites is 1. The lowest BCUT2D eigenvalue weighted by Crippen LogP contribution is -2.06. The average Bonchev–Trinajstić information content (AvgIpc) is 2.35. The third-order valence-corrected chi connectivity index (χ3v) is 3.51. The highest BCUT2D eigenvalue weighted by molar-refractivity contribution is 9.10. The first-order valence-corrected chi connectivity index (χ1v) is 6.60. The van der Waals surface area contributed by atoms with Crippen LogP contribution in [-0.4, -0.2) is 11.1 Å². The minimum atomic E-state index is -1.21. The molecule has 4 N–H and O–H groups in total. The number of rotatable bonds is 3. The fraction of sp³-hybridized carbons (Fsp3) is 0. The van der Waals surface area contributed by atoms with Gasteiger partial charge < -0.3 is 16.2 Å². The first kappa shape index (κ1) is 14.6. The molecule has 0 bridgehead atoms. The number of carboxylic acid groups (broad SMARTS) is 1. The van der Waals surface area contributed by atoms with Gasteiger partial charge in [0.25, 0.3) is 0 Å². The lowest BCUT2D eigenvalue weighted by Gasteiger charge is -2.14. The van der Waals surface area contributed by atoms with E-state index in [-0.39, 0.29) is 27.6 Å². The van der Waals surface area contributed by atoms with E-state index in [4.69, 9.17) is 17.3 Å². The molecule has 2 aromatic rings. The van der Waals surface area contributed by atoms with Crippen molar-refractivity contribution in [3.05, 3.63) is 51.2 Å². The molecule has 0 saturated heterocycles. The van der Waals surface area contributed by atoms with Crippen LogP contribution in [0.2, 0.25) is 5.02 Å². The highest BCUT2D eigenvalue weighted by Gasteiger charge is 2.17. The number of nitrogens with two attached hydrogens (primary N) is 1. The summed E-state index contributed by atoms with van der Waals surface area (Å²) in [6, 6.07) is 7.04. The summed E-state index contributed by atoms with van der Waals surface area (Å²) in [6.45, 7) is 0. The quantitative estimate of drug-likeness (QED) is 0.716. The second-order valence-electron chi connectivity index (χ2n) is 3.95. The minimum Gasteiger partial charge on any atom is -0.478 e. The van der Waals surface area contributed by atoms with Gasteiger partial charge in [-0.2, -0.15) is 0 Å². The second kappa shape index (κ2) is 5.68. The molecule has 0 aliphatic carbocycles. The van der Waals surface area contributed by atoms with Crippen molar-refractivity contribution >= 4 is 50.6 Å². The van der Waals surface area contributed by atoms with Crippen molar-refractivity contribution in [1.29, 1.82) is 0 Å². The summed E-state index contributed by atoms with van der Waals surface area (Å²) in [5.74, 6) is -1.75. The molecule has 7 heteroatoms. The van der Waals surface area contributed by atoms with E-state index < -0.39 is 11.8 Å². The van der Waals surface area contributed by atoms with Gasteiger partial charge in [0.05, 0.1) is 22.0 Å². The van der Waals surface area contributed by atoms with Crippen LogP contribution < -0.4 is 11.1 Å². The van der Waals surface area contributed by atoms with Crippen LogP contribution in [0.4, 0.5) is 21.5 Å². The predicted molar refractivity (Wildman–Crippen MR) is 80.2 cm³/mol. The fourth-order valence-electron chi connectivity index (χ4n) is 1.67. The van der Waals surface area contributed by atoms with Crippen molar-refractivity contribution in [2.24, 2.45) is 0 Å². The molecule has 0 aliphatic rings. The summed E-state index contributed by atoms with van der Waals surface area (Å²) < 4.78 is 14.2. The molecule has 0 fully saturated rings. The van der Waals surface area contributed by atoms with Gasteiger partial charge >= 0.3 is 5.97 Å². The monoisotopic (exact) mass is 358 g/mol. The van der Waals surface area contributed by atoms with Crippen LogP contribution in [0.3, 0.4) is 0 Å². The molecule has 0 heterocycles. The SMILES string of the molecule is Nc1cc(Cl)c(Nc2c(F)cccc2Br)c(C(=O)O)c1. The van der Waals surface area contributed by atoms with Crippen molar-refractivity contribution in [3.63, 3.8) is 0 Å². The standard InChI is InChI=1S/C13H9BrClFN2O2/c14-8-2-1-3-10(16)12(8)18-11-7(13(19)20)4-6(17)5-9(11)15/h1-5,18H,17H2,(H,19,20). The van der Waals surface area contributed by atoms with Crippen molar-refractivity contribution in [2.75, 3.05) is 11.1 Å². The Morgan fingerprint density at radius 1 is 1.35 bits per heavy atom. The number of nitrogens with one attached hydrogen (secondary N) is 1. The Morgan fingerprint density at radius 2 is 2.05 bits per heavy atom. The van der Waals surface area contributed by atoms with Crippen LogP contribution in [0.15, 0.2) is 34.8 Å². The summed E-state index contributed by atoms with van der Waals surface area (Å²) >= 11 is 9.18. The Hall–Kier alpha value is -1.79. The zero-order chi connectivity index (χ0) is 14.9. The molecule has 2 aromatic carbocycles. The molecule has 2 rings (SSSR count). The van der Waals surface area contributed by atoms with Crippen molar-refractivity contribution in [1.82, 2.24) is 0 Å². The van der Waals surface area contributed by atoms with E-state index in [1.165, 1.54) is 24.3 Å². The topological polar surface area (TPSA) is 75.3 Å². The number of carbonyl (C=O) groups is 1. The molecule has 4 nitrogen and oxygen atoms in total. The summed E-state index contributed by atoms with van der Waals surface area (Å²) in [5.41, 5.74) is 5.82. The zero-order valence-electron chi connectivity index (χ0n) is 9.95. The first-order valence-electron chi connectivity index (χ1n) is 5.43. The number of nitrogen functional groups attached to an aromatic ring is 1. The highest BCUT2D eigenvalue weighted by Crippen LogP contribution is 2.35. The normalized spacial score (nSPS) is 10.3. The highest BCUT2D eigenvalue weighted by atomic mass is 79.9. The van der Waals surface area contributed by atoms with E-state index in [1.54, 1.807) is 6.07 Å².